The lowest BCUT2D eigenvalue weighted by molar-refractivity contribution is -0.131. The Bertz CT molecular complexity index is 2370. The third kappa shape index (κ3) is 8.15. The molecule has 11 heteroatoms. The van der Waals surface area contributed by atoms with Gasteiger partial charge in [-0.25, -0.2) is 14.8 Å². The third-order valence-corrected chi connectivity index (χ3v) is 9.55. The van der Waals surface area contributed by atoms with Gasteiger partial charge in [-0.15, -0.1) is 0 Å². The largest absolute Gasteiger partial charge is 0.507 e. The Hall–Kier alpha value is -6.36. The van der Waals surface area contributed by atoms with Crippen molar-refractivity contribution in [3.63, 3.8) is 0 Å². The van der Waals surface area contributed by atoms with Gasteiger partial charge in [0.1, 0.15) is 23.0 Å². The first-order valence-corrected chi connectivity index (χ1v) is 17.7. The minimum absolute atomic E-state index is 0.0547. The first kappa shape index (κ1) is 37.4. The van der Waals surface area contributed by atoms with Gasteiger partial charge in [0.15, 0.2) is 5.65 Å². The Kier molecular flexibility index (Phi) is 10.9. The van der Waals surface area contributed by atoms with Gasteiger partial charge >= 0.3 is 6.09 Å². The number of aromatic nitrogens is 3. The second-order valence-electron chi connectivity index (χ2n) is 14.2. The van der Waals surface area contributed by atoms with Crippen LogP contribution < -0.4 is 15.2 Å². The topological polar surface area (TPSA) is 134 Å². The number of carbonyl (C=O) groups is 2. The molecule has 0 aliphatic heterocycles. The van der Waals surface area contributed by atoms with Crippen LogP contribution in [0.2, 0.25) is 0 Å². The summed E-state index contributed by atoms with van der Waals surface area (Å²) in [6.45, 7) is 12.0. The van der Waals surface area contributed by atoms with Crippen molar-refractivity contribution >= 4 is 30.8 Å². The zero-order chi connectivity index (χ0) is 38.6. The predicted octanol–water partition coefficient (Wildman–Crippen LogP) is 6.05. The van der Waals surface area contributed by atoms with Crippen molar-refractivity contribution in [3.05, 3.63) is 130 Å². The number of nitrogens with zero attached hydrogens (tertiary/aromatic N) is 5. The van der Waals surface area contributed by atoms with Crippen LogP contribution in [0, 0.1) is 0 Å². The van der Waals surface area contributed by atoms with Gasteiger partial charge < -0.3 is 29.2 Å². The predicted molar refractivity (Wildman–Crippen MR) is 208 cm³/mol. The number of rotatable bonds is 13. The van der Waals surface area contributed by atoms with Crippen molar-refractivity contribution in [2.45, 2.75) is 44.9 Å². The monoisotopic (exact) mass is 727 g/mol. The molecule has 0 spiro atoms. The fraction of sp³-hybridized carbons (Fsp3) is 0.256. The van der Waals surface area contributed by atoms with Crippen LogP contribution in [-0.4, -0.2) is 73.6 Å². The minimum atomic E-state index is -0.837. The summed E-state index contributed by atoms with van der Waals surface area (Å²) in [5, 5.41) is 21.5. The van der Waals surface area contributed by atoms with Crippen molar-refractivity contribution in [2.24, 2.45) is 0 Å². The molecule has 0 aliphatic carbocycles. The van der Waals surface area contributed by atoms with Crippen LogP contribution in [0.5, 0.6) is 17.4 Å². The van der Waals surface area contributed by atoms with Gasteiger partial charge in [0, 0.05) is 73.2 Å². The van der Waals surface area contributed by atoms with E-state index in [9.17, 15) is 19.8 Å². The number of benzene rings is 3. The molecule has 54 heavy (non-hydrogen) atoms. The average molecular weight is 728 g/mol. The highest BCUT2D eigenvalue weighted by molar-refractivity contribution is 5.78. The third-order valence-electron chi connectivity index (χ3n) is 9.55. The molecule has 3 aromatic carbocycles. The summed E-state index contributed by atoms with van der Waals surface area (Å²) < 4.78 is 13.6. The normalized spacial score (nSPS) is 11.5. The van der Waals surface area contributed by atoms with Crippen LogP contribution in [0.15, 0.2) is 95.7 Å². The molecular weight excluding hydrogens is 683 g/mol. The van der Waals surface area contributed by atoms with E-state index in [1.165, 1.54) is 11.0 Å². The molecule has 0 unspecified atom stereocenters. The van der Waals surface area contributed by atoms with Gasteiger partial charge in [0.05, 0.1) is 24.1 Å². The van der Waals surface area contributed by atoms with E-state index in [-0.39, 0.29) is 40.1 Å². The highest BCUT2D eigenvalue weighted by atomic mass is 16.6. The molecule has 2 amide bonds. The fourth-order valence-electron chi connectivity index (χ4n) is 6.60. The molecule has 0 saturated heterocycles. The molecule has 2 N–H and O–H groups in total. The molecule has 0 atom stereocenters. The van der Waals surface area contributed by atoms with Gasteiger partial charge in [-0.3, -0.25) is 9.20 Å². The van der Waals surface area contributed by atoms with Crippen LogP contribution >= 0.6 is 0 Å². The lowest BCUT2D eigenvalue weighted by Crippen LogP contribution is -2.38. The summed E-state index contributed by atoms with van der Waals surface area (Å²) in [5.74, 6) is 0.594. The summed E-state index contributed by atoms with van der Waals surface area (Å²) in [5.41, 5.74) is 4.05. The van der Waals surface area contributed by atoms with Crippen LogP contribution in [0.25, 0.3) is 30.1 Å². The zero-order valence-electron chi connectivity index (χ0n) is 31.1. The molecule has 0 aliphatic rings. The van der Waals surface area contributed by atoms with Crippen LogP contribution in [0.1, 0.15) is 55.0 Å². The van der Waals surface area contributed by atoms with E-state index in [1.54, 1.807) is 35.7 Å². The highest BCUT2D eigenvalue weighted by Crippen LogP contribution is 2.32. The van der Waals surface area contributed by atoms with E-state index in [2.05, 4.69) is 13.2 Å². The number of carbonyl (C=O) groups excluding carboxylic acids is 2. The molecule has 11 nitrogen and oxygen atoms in total. The van der Waals surface area contributed by atoms with Crippen molar-refractivity contribution in [2.75, 3.05) is 27.2 Å². The Morgan fingerprint density at radius 3 is 2.26 bits per heavy atom. The maximum atomic E-state index is 13.7. The molecule has 278 valence electrons. The summed E-state index contributed by atoms with van der Waals surface area (Å²) in [7, 11) is 3.35. The van der Waals surface area contributed by atoms with Gasteiger partial charge in [-0.05, 0) is 30.2 Å². The molecule has 3 heterocycles. The molecule has 0 saturated carbocycles. The highest BCUT2D eigenvalue weighted by Gasteiger charge is 2.31. The first-order valence-electron chi connectivity index (χ1n) is 17.7. The Morgan fingerprint density at radius 1 is 0.889 bits per heavy atom. The van der Waals surface area contributed by atoms with E-state index in [0.717, 1.165) is 16.8 Å². The Balaban J connectivity index is 1.20. The minimum Gasteiger partial charge on any atom is -0.507 e. The second kappa shape index (κ2) is 15.7. The number of furan rings is 1. The lowest BCUT2D eigenvalue weighted by atomic mass is 9.79. The summed E-state index contributed by atoms with van der Waals surface area (Å²) in [4.78, 5) is 40.1. The van der Waals surface area contributed by atoms with Gasteiger partial charge in [0.2, 0.25) is 11.8 Å². The van der Waals surface area contributed by atoms with E-state index in [1.807, 2.05) is 86.8 Å². The molecule has 0 radical (unpaired) electrons. The number of ether oxygens (including phenoxy) is 1. The van der Waals surface area contributed by atoms with E-state index in [4.69, 9.17) is 19.1 Å². The van der Waals surface area contributed by atoms with Crippen molar-refractivity contribution in [1.82, 2.24) is 24.2 Å². The molecule has 0 bridgehead atoms. The Labute approximate surface area is 314 Å². The summed E-state index contributed by atoms with van der Waals surface area (Å²) in [6.07, 6.45) is 4.19. The quantitative estimate of drug-likeness (QED) is 0.138. The SMILES string of the molecule is C=c1cc(O)c(=C)c(C(C)(C)CC(=O)N(C)CCCN(C)C(=O)Oc2c(Cc3ccco3)nc3c(Cc4ccccc4)nc(-c4ccccc4)cn23)c1O. The number of amides is 2. The number of aromatic hydroxyl groups is 2. The molecule has 6 rings (SSSR count). The number of hydrogen-bond acceptors (Lipinski definition) is 8. The Morgan fingerprint density at radius 2 is 1.57 bits per heavy atom. The number of fused-ring (bicyclic) bond motifs is 1. The van der Waals surface area contributed by atoms with Gasteiger partial charge in [-0.1, -0.05) is 87.7 Å². The molecule has 6 aromatic rings. The average Bonchev–Trinajstić information content (AvgIpc) is 3.79. The lowest BCUT2D eigenvalue weighted by Gasteiger charge is -2.29. The van der Waals surface area contributed by atoms with Crippen LogP contribution in [-0.2, 0) is 23.1 Å². The molecule has 0 fully saturated rings. The van der Waals surface area contributed by atoms with Gasteiger partial charge in [-0.2, -0.15) is 0 Å². The van der Waals surface area contributed by atoms with Gasteiger partial charge in [0.25, 0.3) is 0 Å². The second-order valence-corrected chi connectivity index (χ2v) is 14.2. The van der Waals surface area contributed by atoms with Crippen LogP contribution in [0.4, 0.5) is 4.79 Å². The smallest absolute Gasteiger partial charge is 0.416 e. The number of phenols is 2. The van der Waals surface area contributed by atoms with Crippen molar-refractivity contribution in [3.8, 4) is 28.6 Å². The fourth-order valence-corrected chi connectivity index (χ4v) is 6.60. The summed E-state index contributed by atoms with van der Waals surface area (Å²) >= 11 is 0. The molecule has 3 aromatic heterocycles. The summed E-state index contributed by atoms with van der Waals surface area (Å²) in [6, 6.07) is 24.8. The van der Waals surface area contributed by atoms with Crippen molar-refractivity contribution < 1.29 is 29.0 Å². The van der Waals surface area contributed by atoms with E-state index in [0.29, 0.717) is 60.7 Å². The first-order chi connectivity index (χ1) is 25.8. The molecular formula is C43H45N5O6. The zero-order valence-corrected chi connectivity index (χ0v) is 31.1. The number of hydrogen-bond donors (Lipinski definition) is 2. The van der Waals surface area contributed by atoms with E-state index >= 15 is 0 Å². The standard InChI is InChI=1S/C43H45N5O6/c1-28-23-36(49)29(2)38(39(28)51)43(3,4)26-37(50)46(5)20-14-21-47(6)42(52)54-41-34(25-32-19-13-22-53-32)45-40-33(24-30-15-9-7-10-16-30)44-35(27-48(40)41)31-17-11-8-12-18-31/h7-13,15-19,22-23,27,49,51H,1-2,14,20-21,24-26H2,3-6H3. The van der Waals surface area contributed by atoms with Crippen molar-refractivity contribution in [1.29, 1.82) is 0 Å². The number of phenolic OH excluding ortho intramolecular Hbond substituents is 2. The van der Waals surface area contributed by atoms with Crippen LogP contribution in [0.3, 0.4) is 0 Å². The maximum Gasteiger partial charge on any atom is 0.416 e. The van der Waals surface area contributed by atoms with E-state index < -0.39 is 11.5 Å². The number of imidazole rings is 1. The maximum absolute atomic E-state index is 13.7.